The van der Waals surface area contributed by atoms with E-state index >= 15 is 0 Å². The lowest BCUT2D eigenvalue weighted by Gasteiger charge is -2.17. The van der Waals surface area contributed by atoms with Crippen molar-refractivity contribution in [2.45, 2.75) is 71.3 Å². The first-order chi connectivity index (χ1) is 7.66. The van der Waals surface area contributed by atoms with Crippen LogP contribution < -0.4 is 0 Å². The molecule has 0 aliphatic carbocycles. The quantitative estimate of drug-likeness (QED) is 0.549. The highest BCUT2D eigenvalue weighted by Crippen LogP contribution is 2.08. The molecule has 0 spiro atoms. The van der Waals surface area contributed by atoms with Gasteiger partial charge in [0.25, 0.3) is 0 Å². The average Bonchev–Trinajstić information content (AvgIpc) is 2.21. The van der Waals surface area contributed by atoms with Gasteiger partial charge in [-0.25, -0.2) is 0 Å². The van der Waals surface area contributed by atoms with E-state index in [9.17, 15) is 5.11 Å². The van der Waals surface area contributed by atoms with Gasteiger partial charge in [-0.05, 0) is 26.9 Å². The molecule has 0 amide bonds. The zero-order valence-electron chi connectivity index (χ0n) is 11.5. The molecule has 0 saturated heterocycles. The minimum Gasteiger partial charge on any atom is -0.392 e. The Morgan fingerprint density at radius 1 is 0.938 bits per heavy atom. The molecule has 0 aromatic rings. The van der Waals surface area contributed by atoms with Crippen LogP contribution in [0.1, 0.15) is 65.2 Å². The Balaban J connectivity index is 3.08. The SMILES string of the molecule is CCCCCCCCCCN(C)CC(C)O. The molecule has 1 unspecified atom stereocenters. The van der Waals surface area contributed by atoms with Gasteiger partial charge in [0.1, 0.15) is 0 Å². The first kappa shape index (κ1) is 15.9. The van der Waals surface area contributed by atoms with E-state index in [0.29, 0.717) is 0 Å². The van der Waals surface area contributed by atoms with E-state index in [-0.39, 0.29) is 6.10 Å². The van der Waals surface area contributed by atoms with Gasteiger partial charge < -0.3 is 10.0 Å². The van der Waals surface area contributed by atoms with Gasteiger partial charge in [-0.15, -0.1) is 0 Å². The highest BCUT2D eigenvalue weighted by molar-refractivity contribution is 4.56. The Bertz CT molecular complexity index is 137. The van der Waals surface area contributed by atoms with Crippen LogP contribution in [0.3, 0.4) is 0 Å². The van der Waals surface area contributed by atoms with Crippen molar-refractivity contribution >= 4 is 0 Å². The van der Waals surface area contributed by atoms with Crippen molar-refractivity contribution in [1.29, 1.82) is 0 Å². The molecule has 98 valence electrons. The summed E-state index contributed by atoms with van der Waals surface area (Å²) in [7, 11) is 2.09. The highest BCUT2D eigenvalue weighted by atomic mass is 16.3. The van der Waals surface area contributed by atoms with Gasteiger partial charge in [0.2, 0.25) is 0 Å². The number of likely N-dealkylation sites (N-methyl/N-ethyl adjacent to an activating group) is 1. The number of aliphatic hydroxyl groups is 1. The maximum atomic E-state index is 9.20. The van der Waals surface area contributed by atoms with Crippen LogP contribution in [0.5, 0.6) is 0 Å². The Hall–Kier alpha value is -0.0800. The average molecular weight is 229 g/mol. The van der Waals surface area contributed by atoms with Crippen molar-refractivity contribution in [2.75, 3.05) is 20.1 Å². The molecule has 0 aromatic carbocycles. The van der Waals surface area contributed by atoms with Crippen LogP contribution in [0.15, 0.2) is 0 Å². The van der Waals surface area contributed by atoms with Crippen LogP contribution >= 0.6 is 0 Å². The fourth-order valence-corrected chi connectivity index (χ4v) is 2.06. The summed E-state index contributed by atoms with van der Waals surface area (Å²) in [4.78, 5) is 2.22. The Labute approximate surface area is 102 Å². The molecule has 0 aliphatic rings. The van der Waals surface area contributed by atoms with Crippen molar-refractivity contribution in [3.05, 3.63) is 0 Å². The molecular weight excluding hydrogens is 198 g/mol. The van der Waals surface area contributed by atoms with Crippen molar-refractivity contribution in [3.63, 3.8) is 0 Å². The van der Waals surface area contributed by atoms with Gasteiger partial charge in [0.05, 0.1) is 6.10 Å². The summed E-state index contributed by atoms with van der Waals surface area (Å²) in [6, 6.07) is 0. The Morgan fingerprint density at radius 2 is 1.44 bits per heavy atom. The molecule has 16 heavy (non-hydrogen) atoms. The van der Waals surface area contributed by atoms with Crippen molar-refractivity contribution in [1.82, 2.24) is 4.90 Å². The van der Waals surface area contributed by atoms with Crippen LogP contribution in [0.4, 0.5) is 0 Å². The number of rotatable bonds is 11. The van der Waals surface area contributed by atoms with Gasteiger partial charge in [0.15, 0.2) is 0 Å². The van der Waals surface area contributed by atoms with E-state index < -0.39 is 0 Å². The maximum absolute atomic E-state index is 9.20. The van der Waals surface area contributed by atoms with E-state index in [0.717, 1.165) is 13.1 Å². The molecule has 0 saturated carbocycles. The minimum atomic E-state index is -0.195. The number of aliphatic hydroxyl groups excluding tert-OH is 1. The largest absolute Gasteiger partial charge is 0.392 e. The Morgan fingerprint density at radius 3 is 1.94 bits per heavy atom. The lowest BCUT2D eigenvalue weighted by atomic mass is 10.1. The molecular formula is C14H31NO. The zero-order valence-corrected chi connectivity index (χ0v) is 11.5. The summed E-state index contributed by atoms with van der Waals surface area (Å²) in [5, 5.41) is 9.20. The zero-order chi connectivity index (χ0) is 12.2. The van der Waals surface area contributed by atoms with E-state index in [1.807, 2.05) is 6.92 Å². The molecule has 0 bridgehead atoms. The van der Waals surface area contributed by atoms with Crippen molar-refractivity contribution in [2.24, 2.45) is 0 Å². The monoisotopic (exact) mass is 229 g/mol. The predicted molar refractivity (Wildman–Crippen MR) is 71.8 cm³/mol. The molecule has 0 aromatic heterocycles. The third-order valence-corrected chi connectivity index (χ3v) is 2.97. The third kappa shape index (κ3) is 12.0. The maximum Gasteiger partial charge on any atom is 0.0638 e. The first-order valence-electron chi connectivity index (χ1n) is 7.03. The second-order valence-electron chi connectivity index (χ2n) is 5.09. The fourth-order valence-electron chi connectivity index (χ4n) is 2.06. The van der Waals surface area contributed by atoms with Crippen LogP contribution in [0, 0.1) is 0 Å². The molecule has 2 heteroatoms. The number of hydrogen-bond donors (Lipinski definition) is 1. The number of hydrogen-bond acceptors (Lipinski definition) is 2. The first-order valence-corrected chi connectivity index (χ1v) is 7.03. The molecule has 0 fully saturated rings. The lowest BCUT2D eigenvalue weighted by Crippen LogP contribution is -2.28. The van der Waals surface area contributed by atoms with Crippen LogP contribution in [0.2, 0.25) is 0 Å². The summed E-state index contributed by atoms with van der Waals surface area (Å²) in [5.41, 5.74) is 0. The summed E-state index contributed by atoms with van der Waals surface area (Å²) in [5.74, 6) is 0. The second-order valence-corrected chi connectivity index (χ2v) is 5.09. The highest BCUT2D eigenvalue weighted by Gasteiger charge is 2.01. The van der Waals surface area contributed by atoms with E-state index in [2.05, 4.69) is 18.9 Å². The van der Waals surface area contributed by atoms with Crippen molar-refractivity contribution in [3.8, 4) is 0 Å². The predicted octanol–water partition coefficient (Wildman–Crippen LogP) is 3.44. The molecule has 0 aliphatic heterocycles. The molecule has 0 rings (SSSR count). The summed E-state index contributed by atoms with van der Waals surface area (Å²) >= 11 is 0. The molecule has 1 N–H and O–H groups in total. The van der Waals surface area contributed by atoms with Gasteiger partial charge in [-0.3, -0.25) is 0 Å². The topological polar surface area (TPSA) is 23.5 Å². The number of unbranched alkanes of at least 4 members (excludes halogenated alkanes) is 7. The van der Waals surface area contributed by atoms with E-state index in [1.54, 1.807) is 0 Å². The van der Waals surface area contributed by atoms with Crippen molar-refractivity contribution < 1.29 is 5.11 Å². The van der Waals surface area contributed by atoms with Gasteiger partial charge in [-0.1, -0.05) is 51.9 Å². The summed E-state index contributed by atoms with van der Waals surface area (Å²) in [6.07, 6.45) is 10.8. The van der Waals surface area contributed by atoms with E-state index in [4.69, 9.17) is 0 Å². The Kier molecular flexibility index (Phi) is 11.3. The smallest absolute Gasteiger partial charge is 0.0638 e. The summed E-state index contributed by atoms with van der Waals surface area (Å²) < 4.78 is 0. The molecule has 2 nitrogen and oxygen atoms in total. The van der Waals surface area contributed by atoms with Gasteiger partial charge in [-0.2, -0.15) is 0 Å². The third-order valence-electron chi connectivity index (χ3n) is 2.97. The standard InChI is InChI=1S/C14H31NO/c1-4-5-6-7-8-9-10-11-12-15(3)13-14(2)16/h14,16H,4-13H2,1-3H3. The van der Waals surface area contributed by atoms with Crippen LogP contribution in [0.25, 0.3) is 0 Å². The number of nitrogens with zero attached hydrogens (tertiary/aromatic N) is 1. The fraction of sp³-hybridized carbons (Fsp3) is 1.00. The van der Waals surface area contributed by atoms with Gasteiger partial charge >= 0.3 is 0 Å². The molecule has 0 heterocycles. The normalized spacial score (nSPS) is 13.3. The lowest BCUT2D eigenvalue weighted by molar-refractivity contribution is 0.140. The van der Waals surface area contributed by atoms with Crippen LogP contribution in [-0.4, -0.2) is 36.2 Å². The van der Waals surface area contributed by atoms with Crippen LogP contribution in [-0.2, 0) is 0 Å². The minimum absolute atomic E-state index is 0.195. The summed E-state index contributed by atoms with van der Waals surface area (Å²) in [6.45, 7) is 6.04. The second kappa shape index (κ2) is 11.4. The molecule has 1 atom stereocenters. The van der Waals surface area contributed by atoms with E-state index in [1.165, 1.54) is 51.4 Å². The molecule has 0 radical (unpaired) electrons. The van der Waals surface area contributed by atoms with Gasteiger partial charge in [0, 0.05) is 6.54 Å².